The van der Waals surface area contributed by atoms with E-state index in [1.165, 1.54) is 18.2 Å². The van der Waals surface area contributed by atoms with Crippen molar-refractivity contribution in [1.82, 2.24) is 0 Å². The van der Waals surface area contributed by atoms with Crippen LogP contribution in [0.15, 0.2) is 18.2 Å². The summed E-state index contributed by atoms with van der Waals surface area (Å²) in [6.45, 7) is 8.06. The highest BCUT2D eigenvalue weighted by molar-refractivity contribution is 5.89. The molecule has 1 heterocycles. The van der Waals surface area contributed by atoms with Crippen LogP contribution >= 0.6 is 0 Å². The third-order valence-electron chi connectivity index (χ3n) is 3.46. The fourth-order valence-electron chi connectivity index (χ4n) is 2.51. The van der Waals surface area contributed by atoms with E-state index in [2.05, 4.69) is 10.6 Å². The molecule has 1 fully saturated rings. The van der Waals surface area contributed by atoms with Crippen LogP contribution in [0.2, 0.25) is 0 Å². The Hall–Kier alpha value is -1.82. The Balaban J connectivity index is 2.09. The maximum absolute atomic E-state index is 13.6. The molecule has 2 atom stereocenters. The predicted molar refractivity (Wildman–Crippen MR) is 88.3 cm³/mol. The van der Waals surface area contributed by atoms with Crippen molar-refractivity contribution in [2.24, 2.45) is 0 Å². The van der Waals surface area contributed by atoms with E-state index in [9.17, 15) is 9.18 Å². The highest BCUT2D eigenvalue weighted by Gasteiger charge is 2.21. The van der Waals surface area contributed by atoms with Crippen molar-refractivity contribution in [2.45, 2.75) is 58.3 Å². The highest BCUT2D eigenvalue weighted by Crippen LogP contribution is 2.27. The van der Waals surface area contributed by atoms with Gasteiger partial charge in [-0.2, -0.15) is 0 Å². The van der Waals surface area contributed by atoms with Crippen LogP contribution in [-0.4, -0.2) is 30.4 Å². The van der Waals surface area contributed by atoms with E-state index in [-0.39, 0.29) is 18.0 Å². The van der Waals surface area contributed by atoms with Crippen LogP contribution in [0.25, 0.3) is 0 Å². The molecule has 1 aliphatic rings. The summed E-state index contributed by atoms with van der Waals surface area (Å²) in [5, 5.41) is 5.97. The number of nitrogens with one attached hydrogen (secondary N) is 2. The maximum atomic E-state index is 13.6. The zero-order valence-electron chi connectivity index (χ0n) is 14.1. The second-order valence-electron chi connectivity index (χ2n) is 6.86. The first-order chi connectivity index (χ1) is 10.7. The summed E-state index contributed by atoms with van der Waals surface area (Å²) in [5.74, 6) is -0.359. The second kappa shape index (κ2) is 7.17. The third kappa shape index (κ3) is 5.71. The lowest BCUT2D eigenvalue weighted by Gasteiger charge is -2.29. The van der Waals surface area contributed by atoms with Crippen LogP contribution in [0.1, 0.15) is 40.5 Å². The molecule has 128 valence electrons. The minimum absolute atomic E-state index is 0.164. The van der Waals surface area contributed by atoms with Gasteiger partial charge in [-0.25, -0.2) is 9.18 Å². The van der Waals surface area contributed by atoms with Crippen molar-refractivity contribution in [3.8, 4) is 0 Å². The number of carbonyl (C=O) groups is 1. The van der Waals surface area contributed by atoms with Gasteiger partial charge in [0.2, 0.25) is 0 Å². The molecular formula is C17H25FN2O3. The highest BCUT2D eigenvalue weighted by atomic mass is 19.1. The summed E-state index contributed by atoms with van der Waals surface area (Å²) in [7, 11) is 0. The van der Waals surface area contributed by atoms with Gasteiger partial charge in [0.1, 0.15) is 11.4 Å². The lowest BCUT2D eigenvalue weighted by molar-refractivity contribution is 0.0232. The van der Waals surface area contributed by atoms with Crippen molar-refractivity contribution < 1.29 is 18.7 Å². The van der Waals surface area contributed by atoms with E-state index in [0.717, 1.165) is 12.8 Å². The summed E-state index contributed by atoms with van der Waals surface area (Å²) in [5.41, 5.74) is 0.461. The molecule has 1 aromatic carbocycles. The fourth-order valence-corrected chi connectivity index (χ4v) is 2.51. The number of hydrogen-bond donors (Lipinski definition) is 2. The lowest BCUT2D eigenvalue weighted by atomic mass is 10.0. The minimum Gasteiger partial charge on any atom is -0.444 e. The van der Waals surface area contributed by atoms with E-state index in [4.69, 9.17) is 9.47 Å². The average Bonchev–Trinajstić information content (AvgIpc) is 2.40. The molecule has 2 unspecified atom stereocenters. The van der Waals surface area contributed by atoms with Gasteiger partial charge in [0, 0.05) is 12.6 Å². The fraction of sp³-hybridized carbons (Fsp3) is 0.588. The number of hydrogen-bond acceptors (Lipinski definition) is 4. The van der Waals surface area contributed by atoms with Gasteiger partial charge in [-0.05, 0) is 58.7 Å². The summed E-state index contributed by atoms with van der Waals surface area (Å²) >= 11 is 0. The van der Waals surface area contributed by atoms with Crippen molar-refractivity contribution in [3.63, 3.8) is 0 Å². The van der Waals surface area contributed by atoms with Gasteiger partial charge in [-0.1, -0.05) is 0 Å². The predicted octanol–water partition coefficient (Wildman–Crippen LogP) is 4.15. The largest absolute Gasteiger partial charge is 0.444 e. The zero-order valence-corrected chi connectivity index (χ0v) is 14.1. The van der Waals surface area contributed by atoms with Crippen molar-refractivity contribution >= 4 is 17.5 Å². The Labute approximate surface area is 136 Å². The molecule has 6 heteroatoms. The van der Waals surface area contributed by atoms with Crippen molar-refractivity contribution in [2.75, 3.05) is 17.2 Å². The quantitative estimate of drug-likeness (QED) is 0.877. The Morgan fingerprint density at radius 1 is 1.35 bits per heavy atom. The SMILES string of the molecule is CC1CC(Nc2cc(F)ccc2NC(=O)OC(C)(C)C)CCO1. The van der Waals surface area contributed by atoms with E-state index in [1.54, 1.807) is 20.8 Å². The van der Waals surface area contributed by atoms with Gasteiger partial charge in [0.15, 0.2) is 0 Å². The minimum atomic E-state index is -0.589. The smallest absolute Gasteiger partial charge is 0.412 e. The number of benzene rings is 1. The topological polar surface area (TPSA) is 59.6 Å². The van der Waals surface area contributed by atoms with E-state index >= 15 is 0 Å². The molecule has 0 spiro atoms. The molecule has 2 N–H and O–H groups in total. The summed E-state index contributed by atoms with van der Waals surface area (Å²) in [4.78, 5) is 11.9. The second-order valence-corrected chi connectivity index (χ2v) is 6.86. The van der Waals surface area contributed by atoms with Crippen LogP contribution in [0.3, 0.4) is 0 Å². The van der Waals surface area contributed by atoms with Crippen LogP contribution in [0.4, 0.5) is 20.6 Å². The van der Waals surface area contributed by atoms with Crippen LogP contribution in [0, 0.1) is 5.82 Å². The maximum Gasteiger partial charge on any atom is 0.412 e. The molecule has 5 nitrogen and oxygen atoms in total. The monoisotopic (exact) mass is 324 g/mol. The number of halogens is 1. The summed E-state index contributed by atoms with van der Waals surface area (Å²) in [6.07, 6.45) is 1.28. The number of anilines is 2. The van der Waals surface area contributed by atoms with Gasteiger partial charge in [0.25, 0.3) is 0 Å². The molecule has 0 radical (unpaired) electrons. The molecule has 1 aromatic rings. The van der Waals surface area contributed by atoms with E-state index in [1.807, 2.05) is 6.92 Å². The van der Waals surface area contributed by atoms with Gasteiger partial charge in [-0.3, -0.25) is 5.32 Å². The molecular weight excluding hydrogens is 299 g/mol. The molecule has 23 heavy (non-hydrogen) atoms. The van der Waals surface area contributed by atoms with Gasteiger partial charge < -0.3 is 14.8 Å². The molecule has 0 saturated carbocycles. The standard InChI is InChI=1S/C17H25FN2O3/c1-11-9-13(7-8-22-11)19-15-10-12(18)5-6-14(15)20-16(21)23-17(2,3)4/h5-6,10-11,13,19H,7-9H2,1-4H3,(H,20,21). The molecule has 1 amide bonds. The Kier molecular flexibility index (Phi) is 5.46. The van der Waals surface area contributed by atoms with Gasteiger partial charge >= 0.3 is 6.09 Å². The Bertz CT molecular complexity index is 557. The molecule has 0 aromatic heterocycles. The third-order valence-corrected chi connectivity index (χ3v) is 3.46. The lowest BCUT2D eigenvalue weighted by Crippen LogP contribution is -2.33. The first-order valence-corrected chi connectivity index (χ1v) is 7.90. The molecule has 2 rings (SSSR count). The van der Waals surface area contributed by atoms with Crippen LogP contribution < -0.4 is 10.6 Å². The Morgan fingerprint density at radius 3 is 2.74 bits per heavy atom. The van der Waals surface area contributed by atoms with Crippen molar-refractivity contribution in [1.29, 1.82) is 0 Å². The van der Waals surface area contributed by atoms with E-state index in [0.29, 0.717) is 18.0 Å². The first kappa shape index (κ1) is 17.5. The number of amides is 1. The zero-order chi connectivity index (χ0) is 17.0. The normalized spacial score (nSPS) is 21.6. The molecule has 0 aliphatic carbocycles. The van der Waals surface area contributed by atoms with Crippen molar-refractivity contribution in [3.05, 3.63) is 24.0 Å². The number of carbonyl (C=O) groups excluding carboxylic acids is 1. The van der Waals surface area contributed by atoms with E-state index < -0.39 is 11.7 Å². The van der Waals surface area contributed by atoms with Crippen LogP contribution in [-0.2, 0) is 9.47 Å². The Morgan fingerprint density at radius 2 is 2.09 bits per heavy atom. The summed E-state index contributed by atoms with van der Waals surface area (Å²) in [6, 6.07) is 4.40. The number of ether oxygens (including phenoxy) is 2. The first-order valence-electron chi connectivity index (χ1n) is 7.90. The number of rotatable bonds is 3. The average molecular weight is 324 g/mol. The molecule has 1 aliphatic heterocycles. The van der Waals surface area contributed by atoms with Gasteiger partial charge in [-0.15, -0.1) is 0 Å². The molecule has 1 saturated heterocycles. The molecule has 0 bridgehead atoms. The van der Waals surface area contributed by atoms with Crippen LogP contribution in [0.5, 0.6) is 0 Å². The van der Waals surface area contributed by atoms with Gasteiger partial charge in [0.05, 0.1) is 17.5 Å². The summed E-state index contributed by atoms with van der Waals surface area (Å²) < 4.78 is 24.3.